The Labute approximate surface area is 148 Å². The summed E-state index contributed by atoms with van der Waals surface area (Å²) in [7, 11) is 0. The van der Waals surface area contributed by atoms with Gasteiger partial charge in [0.25, 0.3) is 0 Å². The molecule has 0 fully saturated rings. The molecule has 0 bridgehead atoms. The van der Waals surface area contributed by atoms with E-state index in [4.69, 9.17) is 0 Å². The molecule has 0 saturated carbocycles. The summed E-state index contributed by atoms with van der Waals surface area (Å²) < 4.78 is 2.06. The molecule has 130 valence electrons. The van der Waals surface area contributed by atoms with E-state index in [1.54, 1.807) is 0 Å². The Balaban J connectivity index is 1.89. The molecule has 3 aromatic rings. The molecule has 0 saturated heterocycles. The van der Waals surface area contributed by atoms with Crippen LogP contribution in [-0.2, 0) is 11.3 Å². The van der Waals surface area contributed by atoms with Gasteiger partial charge < -0.3 is 9.88 Å². The number of benzene rings is 2. The van der Waals surface area contributed by atoms with Crippen molar-refractivity contribution in [2.45, 2.75) is 40.3 Å². The highest BCUT2D eigenvalue weighted by molar-refractivity contribution is 5.84. The van der Waals surface area contributed by atoms with E-state index in [2.05, 4.69) is 47.8 Å². The Bertz CT molecular complexity index is 895. The van der Waals surface area contributed by atoms with Gasteiger partial charge in [0.15, 0.2) is 0 Å². The third kappa shape index (κ3) is 3.43. The fourth-order valence-electron chi connectivity index (χ4n) is 3.33. The predicted octanol–water partition coefficient (Wildman–Crippen LogP) is 4.17. The summed E-state index contributed by atoms with van der Waals surface area (Å²) in [6.45, 7) is 8.72. The third-order valence-electron chi connectivity index (χ3n) is 4.66. The van der Waals surface area contributed by atoms with Crippen LogP contribution in [0.5, 0.6) is 0 Å². The Morgan fingerprint density at radius 3 is 2.48 bits per heavy atom. The quantitative estimate of drug-likeness (QED) is 0.761. The van der Waals surface area contributed by atoms with Gasteiger partial charge in [-0.05, 0) is 43.0 Å². The zero-order chi connectivity index (χ0) is 18.0. The zero-order valence-electron chi connectivity index (χ0n) is 15.3. The predicted molar refractivity (Wildman–Crippen MR) is 101 cm³/mol. The van der Waals surface area contributed by atoms with Gasteiger partial charge in [-0.2, -0.15) is 0 Å². The molecule has 1 N–H and O–H groups in total. The molecule has 25 heavy (non-hydrogen) atoms. The molecule has 0 radical (unpaired) electrons. The molecular weight excluding hydrogens is 310 g/mol. The number of rotatable bonds is 5. The zero-order valence-corrected chi connectivity index (χ0v) is 15.3. The van der Waals surface area contributed by atoms with E-state index in [0.29, 0.717) is 6.54 Å². The highest BCUT2D eigenvalue weighted by Crippen LogP contribution is 2.26. The first kappa shape index (κ1) is 17.2. The van der Waals surface area contributed by atoms with Gasteiger partial charge in [0.1, 0.15) is 11.9 Å². The summed E-state index contributed by atoms with van der Waals surface area (Å²) >= 11 is 0. The second kappa shape index (κ2) is 7.09. The van der Waals surface area contributed by atoms with Crippen molar-refractivity contribution in [1.29, 1.82) is 0 Å². The number of nitrogens with one attached hydrogen (secondary N) is 1. The lowest BCUT2D eigenvalue weighted by molar-refractivity contribution is -0.125. The van der Waals surface area contributed by atoms with Crippen LogP contribution in [0, 0.1) is 19.8 Å². The van der Waals surface area contributed by atoms with E-state index in [0.717, 1.165) is 22.4 Å². The smallest absolute Gasteiger partial charge is 0.243 e. The summed E-state index contributed by atoms with van der Waals surface area (Å²) in [6, 6.07) is 15.8. The van der Waals surface area contributed by atoms with Gasteiger partial charge in [-0.1, -0.05) is 50.2 Å². The molecular formula is C21H25N3O. The fourth-order valence-corrected chi connectivity index (χ4v) is 3.33. The molecule has 1 heterocycles. The van der Waals surface area contributed by atoms with E-state index in [1.165, 1.54) is 5.56 Å². The molecule has 0 spiro atoms. The maximum Gasteiger partial charge on any atom is 0.243 e. The van der Waals surface area contributed by atoms with Crippen LogP contribution in [0.3, 0.4) is 0 Å². The van der Waals surface area contributed by atoms with Gasteiger partial charge in [0.05, 0.1) is 11.0 Å². The SMILES string of the molecule is Cc1ccccc1CNC(=O)[C@H](C(C)C)n1c(C)nc2ccccc21. The van der Waals surface area contributed by atoms with Gasteiger partial charge in [-0.3, -0.25) is 4.79 Å². The standard InChI is InChI=1S/C21H25N3O/c1-14(2)20(21(25)22-13-17-10-6-5-9-15(17)3)24-16(4)23-18-11-7-8-12-19(18)24/h5-12,14,20H,13H2,1-4H3,(H,22,25)/t20-/m0/s1. The van der Waals surface area contributed by atoms with E-state index in [1.807, 2.05) is 43.3 Å². The number of hydrogen-bond acceptors (Lipinski definition) is 2. The first-order valence-corrected chi connectivity index (χ1v) is 8.75. The Morgan fingerprint density at radius 2 is 1.76 bits per heavy atom. The number of carbonyl (C=O) groups is 1. The molecule has 0 unspecified atom stereocenters. The fraction of sp³-hybridized carbons (Fsp3) is 0.333. The van der Waals surface area contributed by atoms with Crippen LogP contribution in [0.25, 0.3) is 11.0 Å². The van der Waals surface area contributed by atoms with Crippen molar-refractivity contribution in [3.05, 3.63) is 65.5 Å². The molecule has 3 rings (SSSR count). The lowest BCUT2D eigenvalue weighted by atomic mass is 10.0. The van der Waals surface area contributed by atoms with Crippen molar-refractivity contribution in [1.82, 2.24) is 14.9 Å². The average Bonchev–Trinajstić information content (AvgIpc) is 2.90. The van der Waals surface area contributed by atoms with Crippen molar-refractivity contribution < 1.29 is 4.79 Å². The summed E-state index contributed by atoms with van der Waals surface area (Å²) in [5, 5.41) is 3.11. The molecule has 4 heteroatoms. The van der Waals surface area contributed by atoms with Crippen LogP contribution in [0.2, 0.25) is 0 Å². The van der Waals surface area contributed by atoms with Crippen molar-refractivity contribution in [2.24, 2.45) is 5.92 Å². The van der Waals surface area contributed by atoms with Gasteiger partial charge in [-0.15, -0.1) is 0 Å². The van der Waals surface area contributed by atoms with Crippen LogP contribution in [0.15, 0.2) is 48.5 Å². The van der Waals surface area contributed by atoms with E-state index in [-0.39, 0.29) is 17.9 Å². The Morgan fingerprint density at radius 1 is 1.08 bits per heavy atom. The number of nitrogens with zero attached hydrogens (tertiary/aromatic N) is 2. The highest BCUT2D eigenvalue weighted by Gasteiger charge is 2.27. The summed E-state index contributed by atoms with van der Waals surface area (Å²) in [4.78, 5) is 17.6. The van der Waals surface area contributed by atoms with E-state index >= 15 is 0 Å². The number of para-hydroxylation sites is 2. The van der Waals surface area contributed by atoms with Crippen LogP contribution in [0.4, 0.5) is 0 Å². The minimum atomic E-state index is -0.281. The van der Waals surface area contributed by atoms with Gasteiger partial charge in [0.2, 0.25) is 5.91 Å². The number of aryl methyl sites for hydroxylation is 2. The first-order chi connectivity index (χ1) is 12.0. The number of imidazole rings is 1. The van der Waals surface area contributed by atoms with E-state index < -0.39 is 0 Å². The molecule has 1 aromatic heterocycles. The topological polar surface area (TPSA) is 46.9 Å². The second-order valence-electron chi connectivity index (χ2n) is 6.85. The lowest BCUT2D eigenvalue weighted by Gasteiger charge is -2.24. The number of fused-ring (bicyclic) bond motifs is 1. The number of amides is 1. The number of carbonyl (C=O) groups excluding carboxylic acids is 1. The molecule has 1 atom stereocenters. The summed E-state index contributed by atoms with van der Waals surface area (Å²) in [5.74, 6) is 1.06. The van der Waals surface area contributed by atoms with Crippen LogP contribution in [0.1, 0.15) is 36.8 Å². The van der Waals surface area contributed by atoms with E-state index in [9.17, 15) is 4.79 Å². The van der Waals surface area contributed by atoms with Gasteiger partial charge >= 0.3 is 0 Å². The third-order valence-corrected chi connectivity index (χ3v) is 4.66. The van der Waals surface area contributed by atoms with Crippen molar-refractivity contribution in [3.8, 4) is 0 Å². The second-order valence-corrected chi connectivity index (χ2v) is 6.85. The van der Waals surface area contributed by atoms with Gasteiger partial charge in [-0.25, -0.2) is 4.98 Å². The minimum Gasteiger partial charge on any atom is -0.350 e. The molecule has 1 amide bonds. The highest BCUT2D eigenvalue weighted by atomic mass is 16.2. The van der Waals surface area contributed by atoms with Gasteiger partial charge in [0, 0.05) is 6.54 Å². The van der Waals surface area contributed by atoms with Crippen LogP contribution in [-0.4, -0.2) is 15.5 Å². The number of hydrogen-bond donors (Lipinski definition) is 1. The molecule has 4 nitrogen and oxygen atoms in total. The lowest BCUT2D eigenvalue weighted by Crippen LogP contribution is -2.35. The Hall–Kier alpha value is -2.62. The molecule has 0 aliphatic rings. The first-order valence-electron chi connectivity index (χ1n) is 8.75. The number of aromatic nitrogens is 2. The van der Waals surface area contributed by atoms with Crippen molar-refractivity contribution >= 4 is 16.9 Å². The summed E-state index contributed by atoms with van der Waals surface area (Å²) in [6.07, 6.45) is 0. The maximum atomic E-state index is 13.0. The largest absolute Gasteiger partial charge is 0.350 e. The molecule has 2 aromatic carbocycles. The maximum absolute atomic E-state index is 13.0. The molecule has 0 aliphatic heterocycles. The minimum absolute atomic E-state index is 0.0320. The molecule has 0 aliphatic carbocycles. The normalized spacial score (nSPS) is 12.5. The van der Waals surface area contributed by atoms with Crippen LogP contribution >= 0.6 is 0 Å². The van der Waals surface area contributed by atoms with Crippen LogP contribution < -0.4 is 5.32 Å². The Kier molecular flexibility index (Phi) is 4.88. The monoisotopic (exact) mass is 335 g/mol. The van der Waals surface area contributed by atoms with Crippen molar-refractivity contribution in [2.75, 3.05) is 0 Å². The average molecular weight is 335 g/mol. The summed E-state index contributed by atoms with van der Waals surface area (Å²) in [5.41, 5.74) is 4.26. The van der Waals surface area contributed by atoms with Crippen molar-refractivity contribution in [3.63, 3.8) is 0 Å².